The first-order chi connectivity index (χ1) is 9.39. The summed E-state index contributed by atoms with van der Waals surface area (Å²) in [6.45, 7) is 6.14. The molecule has 0 bridgehead atoms. The summed E-state index contributed by atoms with van der Waals surface area (Å²) in [5.74, 6) is 1.76. The van der Waals surface area contributed by atoms with Crippen LogP contribution < -0.4 is 4.78 Å². The van der Waals surface area contributed by atoms with Crippen molar-refractivity contribution < 1.29 is 28.5 Å². The molecule has 6 nitrogen and oxygen atoms in total. The van der Waals surface area contributed by atoms with E-state index in [-0.39, 0.29) is 10.7 Å². The van der Waals surface area contributed by atoms with Crippen molar-refractivity contribution >= 4 is 10.7 Å². The predicted octanol–water partition coefficient (Wildman–Crippen LogP) is -1.36. The second kappa shape index (κ2) is 13.0. The SMILES string of the molecule is [NH2+]=S1CCOCCOCCOCCOCCOCC1. The molecule has 0 unspecified atom stereocenters. The van der Waals surface area contributed by atoms with Crippen molar-refractivity contribution in [2.75, 3.05) is 77.6 Å². The largest absolute Gasteiger partial charge is 0.378 e. The summed E-state index contributed by atoms with van der Waals surface area (Å²) in [7, 11) is -0.127. The Kier molecular flexibility index (Phi) is 11.6. The maximum absolute atomic E-state index is 5.97. The molecule has 7 heteroatoms. The Hall–Kier alpha value is -0.0500. The third-order valence-corrected chi connectivity index (χ3v) is 3.85. The molecule has 1 saturated heterocycles. The summed E-state index contributed by atoms with van der Waals surface area (Å²) in [5.41, 5.74) is 0. The lowest BCUT2D eigenvalue weighted by molar-refractivity contribution is -0.0769. The average molecular weight is 296 g/mol. The highest BCUT2D eigenvalue weighted by atomic mass is 32.2. The van der Waals surface area contributed by atoms with Crippen LogP contribution in [0.3, 0.4) is 0 Å². The molecule has 2 N–H and O–H groups in total. The van der Waals surface area contributed by atoms with Gasteiger partial charge in [0.25, 0.3) is 0 Å². The molecule has 0 aromatic carbocycles. The van der Waals surface area contributed by atoms with Crippen LogP contribution in [0.25, 0.3) is 0 Å². The second-order valence-corrected chi connectivity index (χ2v) is 5.90. The molecule has 1 aliphatic heterocycles. The topological polar surface area (TPSA) is 71.7 Å². The third kappa shape index (κ3) is 11.5. The van der Waals surface area contributed by atoms with Gasteiger partial charge in [0.15, 0.2) is 0 Å². The van der Waals surface area contributed by atoms with Crippen LogP contribution in [0, 0.1) is 0 Å². The Labute approximate surface area is 117 Å². The van der Waals surface area contributed by atoms with Gasteiger partial charge in [-0.05, 0) is 0 Å². The van der Waals surface area contributed by atoms with E-state index in [1.165, 1.54) is 0 Å². The van der Waals surface area contributed by atoms with Gasteiger partial charge < -0.3 is 23.7 Å². The van der Waals surface area contributed by atoms with Crippen molar-refractivity contribution in [3.8, 4) is 0 Å². The zero-order chi connectivity index (χ0) is 13.6. The normalized spacial score (nSPS) is 24.4. The van der Waals surface area contributed by atoms with Crippen LogP contribution in [-0.2, 0) is 34.4 Å². The molecule has 19 heavy (non-hydrogen) atoms. The average Bonchev–Trinajstić information content (AvgIpc) is 2.41. The number of hydrogen-bond acceptors (Lipinski definition) is 5. The van der Waals surface area contributed by atoms with Gasteiger partial charge in [0.2, 0.25) is 0 Å². The summed E-state index contributed by atoms with van der Waals surface area (Å²) in [5, 5.41) is 0. The minimum absolute atomic E-state index is 0.127. The molecule has 0 radical (unpaired) electrons. The molecular weight excluding hydrogens is 270 g/mol. The van der Waals surface area contributed by atoms with Crippen LogP contribution >= 0.6 is 0 Å². The van der Waals surface area contributed by atoms with Crippen molar-refractivity contribution in [1.82, 2.24) is 0 Å². The molecule has 0 aliphatic carbocycles. The summed E-state index contributed by atoms with van der Waals surface area (Å²) >= 11 is 0. The van der Waals surface area contributed by atoms with Crippen LogP contribution in [0.2, 0.25) is 0 Å². The van der Waals surface area contributed by atoms with E-state index >= 15 is 0 Å². The summed E-state index contributed by atoms with van der Waals surface area (Å²) in [6, 6.07) is 0. The molecule has 1 fully saturated rings. The van der Waals surface area contributed by atoms with Crippen molar-refractivity contribution in [1.29, 1.82) is 0 Å². The van der Waals surface area contributed by atoms with Gasteiger partial charge in [0.05, 0.1) is 77.6 Å². The van der Waals surface area contributed by atoms with Crippen LogP contribution in [-0.4, -0.2) is 77.6 Å². The summed E-state index contributed by atoms with van der Waals surface area (Å²) in [6.07, 6.45) is 0. The molecule has 0 spiro atoms. The Morgan fingerprint density at radius 1 is 0.474 bits per heavy atom. The molecule has 0 aromatic heterocycles. The van der Waals surface area contributed by atoms with E-state index in [0.717, 1.165) is 11.5 Å². The maximum Gasteiger partial charge on any atom is 0.0701 e. The fourth-order valence-corrected chi connectivity index (χ4v) is 2.28. The monoisotopic (exact) mass is 296 g/mol. The van der Waals surface area contributed by atoms with E-state index < -0.39 is 0 Å². The molecule has 1 aliphatic rings. The quantitative estimate of drug-likeness (QED) is 0.598. The summed E-state index contributed by atoms with van der Waals surface area (Å²) < 4.78 is 33.0. The first kappa shape index (κ1) is 17.0. The number of hydrogen-bond donors (Lipinski definition) is 1. The Balaban J connectivity index is 2.10. The zero-order valence-corrected chi connectivity index (χ0v) is 12.3. The molecule has 0 amide bonds. The minimum atomic E-state index is -0.127. The van der Waals surface area contributed by atoms with Crippen molar-refractivity contribution in [2.45, 2.75) is 0 Å². The highest BCUT2D eigenvalue weighted by molar-refractivity contribution is 7.84. The summed E-state index contributed by atoms with van der Waals surface area (Å²) in [4.78, 5) is 0. The van der Waals surface area contributed by atoms with Gasteiger partial charge in [-0.15, -0.1) is 0 Å². The lowest BCUT2D eigenvalue weighted by Crippen LogP contribution is -2.40. The van der Waals surface area contributed by atoms with Crippen LogP contribution in [0.5, 0.6) is 0 Å². The van der Waals surface area contributed by atoms with E-state index in [1.807, 2.05) is 0 Å². The van der Waals surface area contributed by atoms with Crippen LogP contribution in [0.4, 0.5) is 0 Å². The van der Waals surface area contributed by atoms with Crippen molar-refractivity contribution in [3.05, 3.63) is 0 Å². The first-order valence-electron chi connectivity index (χ1n) is 6.70. The van der Waals surface area contributed by atoms with Crippen molar-refractivity contribution in [3.63, 3.8) is 0 Å². The lowest BCUT2D eigenvalue weighted by atomic mass is 10.7. The Bertz CT molecular complexity index is 210. The number of ether oxygens (including phenoxy) is 5. The second-order valence-electron chi connectivity index (χ2n) is 4.01. The molecular formula is C12H26NO5S+. The third-order valence-electron chi connectivity index (χ3n) is 2.47. The molecule has 114 valence electrons. The van der Waals surface area contributed by atoms with Gasteiger partial charge in [0, 0.05) is 10.7 Å². The van der Waals surface area contributed by atoms with Gasteiger partial charge >= 0.3 is 0 Å². The molecule has 0 atom stereocenters. The molecule has 0 aromatic rings. The first-order valence-corrected chi connectivity index (χ1v) is 8.33. The molecule has 1 rings (SSSR count). The van der Waals surface area contributed by atoms with E-state index in [4.69, 9.17) is 28.5 Å². The number of rotatable bonds is 0. The van der Waals surface area contributed by atoms with Gasteiger partial charge in [-0.3, -0.25) is 0 Å². The number of nitrogens with two attached hydrogens (primary N) is 1. The molecule has 0 saturated carbocycles. The van der Waals surface area contributed by atoms with Gasteiger partial charge in [-0.1, -0.05) is 0 Å². The van der Waals surface area contributed by atoms with Crippen LogP contribution in [0.1, 0.15) is 0 Å². The van der Waals surface area contributed by atoms with Crippen molar-refractivity contribution in [2.24, 2.45) is 0 Å². The highest BCUT2D eigenvalue weighted by Crippen LogP contribution is 1.87. The van der Waals surface area contributed by atoms with E-state index in [0.29, 0.717) is 66.1 Å². The lowest BCUT2D eigenvalue weighted by Gasteiger charge is -2.09. The van der Waals surface area contributed by atoms with E-state index in [2.05, 4.69) is 0 Å². The Morgan fingerprint density at radius 3 is 1.05 bits per heavy atom. The highest BCUT2D eigenvalue weighted by Gasteiger charge is 2.02. The van der Waals surface area contributed by atoms with Gasteiger partial charge in [-0.2, -0.15) is 0 Å². The van der Waals surface area contributed by atoms with E-state index in [1.54, 1.807) is 0 Å². The fourth-order valence-electron chi connectivity index (χ4n) is 1.42. The fraction of sp³-hybridized carbons (Fsp3) is 1.00. The standard InChI is InChI=1S/C12H25NO5S/c13-19-11-9-17-7-5-15-3-1-14-2-4-16-6-8-18-10-12-19/h13H,1-12H2/p+1. The molecule has 1 heterocycles. The Morgan fingerprint density at radius 2 is 0.737 bits per heavy atom. The zero-order valence-electron chi connectivity index (χ0n) is 11.5. The predicted molar refractivity (Wildman–Crippen MR) is 73.1 cm³/mol. The minimum Gasteiger partial charge on any atom is -0.378 e. The van der Waals surface area contributed by atoms with E-state index in [9.17, 15) is 0 Å². The van der Waals surface area contributed by atoms with Gasteiger partial charge in [0.1, 0.15) is 0 Å². The van der Waals surface area contributed by atoms with Crippen LogP contribution in [0.15, 0.2) is 0 Å². The smallest absolute Gasteiger partial charge is 0.0701 e. The van der Waals surface area contributed by atoms with Gasteiger partial charge in [-0.25, -0.2) is 4.78 Å². The maximum atomic E-state index is 5.97.